The maximum absolute atomic E-state index is 12.0. The number of ether oxygens (including phenoxy) is 1. The molecule has 30 heavy (non-hydrogen) atoms. The zero-order valence-corrected chi connectivity index (χ0v) is 20.0. The Morgan fingerprint density at radius 2 is 1.67 bits per heavy atom. The van der Waals surface area contributed by atoms with Crippen LogP contribution < -0.4 is 10.1 Å². The Bertz CT molecular complexity index is 791. The van der Waals surface area contributed by atoms with Gasteiger partial charge in [-0.25, -0.2) is 4.99 Å². The van der Waals surface area contributed by atoms with Gasteiger partial charge >= 0.3 is 0 Å². The lowest BCUT2D eigenvalue weighted by Crippen LogP contribution is -2.49. The zero-order chi connectivity index (χ0) is 20.5. The summed E-state index contributed by atoms with van der Waals surface area (Å²) in [6.45, 7) is 2.50. The molecule has 2 aromatic carbocycles. The molecule has 3 rings (SSSR count). The van der Waals surface area contributed by atoms with E-state index in [4.69, 9.17) is 9.73 Å². The Morgan fingerprint density at radius 1 is 1.07 bits per heavy atom. The molecule has 0 radical (unpaired) electrons. The van der Waals surface area contributed by atoms with Crippen LogP contribution in [0.15, 0.2) is 65.7 Å². The second kappa shape index (κ2) is 12.4. The number of amides is 1. The highest BCUT2D eigenvalue weighted by molar-refractivity contribution is 14.0. The Morgan fingerprint density at radius 3 is 2.27 bits per heavy atom. The van der Waals surface area contributed by atoms with Crippen molar-refractivity contribution in [2.24, 2.45) is 4.99 Å². The first-order chi connectivity index (χ1) is 14.1. The van der Waals surface area contributed by atoms with E-state index in [1.54, 1.807) is 19.0 Å². The molecule has 0 aromatic heterocycles. The van der Waals surface area contributed by atoms with Crippen molar-refractivity contribution < 1.29 is 9.53 Å². The van der Waals surface area contributed by atoms with E-state index in [0.29, 0.717) is 6.54 Å². The third-order valence-corrected chi connectivity index (χ3v) is 4.94. The summed E-state index contributed by atoms with van der Waals surface area (Å²) in [5, 5.41) is 3.25. The van der Waals surface area contributed by atoms with Gasteiger partial charge in [0.2, 0.25) is 5.91 Å². The van der Waals surface area contributed by atoms with E-state index in [1.165, 1.54) is 0 Å². The number of aliphatic imine (C=N–C) groups is 1. The smallest absolute Gasteiger partial charge is 0.241 e. The van der Waals surface area contributed by atoms with Crippen LogP contribution in [-0.2, 0) is 11.3 Å². The van der Waals surface area contributed by atoms with Crippen molar-refractivity contribution in [1.29, 1.82) is 0 Å². The van der Waals surface area contributed by atoms with Crippen LogP contribution in [0.5, 0.6) is 5.75 Å². The molecule has 0 aliphatic carbocycles. The fraction of sp³-hybridized carbons (Fsp3) is 0.391. The Balaban J connectivity index is 0.00000320. The fourth-order valence-electron chi connectivity index (χ4n) is 3.21. The van der Waals surface area contributed by atoms with Crippen molar-refractivity contribution in [3.05, 3.63) is 66.2 Å². The minimum Gasteiger partial charge on any atom is -0.490 e. The quantitative estimate of drug-likeness (QED) is 0.359. The third kappa shape index (κ3) is 7.51. The molecule has 6 nitrogen and oxygen atoms in total. The molecule has 2 aromatic rings. The van der Waals surface area contributed by atoms with Crippen molar-refractivity contribution in [2.45, 2.75) is 25.5 Å². The first-order valence-corrected chi connectivity index (χ1v) is 10.1. The van der Waals surface area contributed by atoms with E-state index < -0.39 is 0 Å². The Hall–Kier alpha value is -2.29. The number of halogens is 1. The number of para-hydroxylation sites is 1. The number of guanidine groups is 1. The van der Waals surface area contributed by atoms with Crippen LogP contribution in [0.3, 0.4) is 0 Å². The number of nitrogens with zero attached hydrogens (tertiary/aromatic N) is 3. The van der Waals surface area contributed by atoms with Gasteiger partial charge in [0.05, 0.1) is 13.1 Å². The summed E-state index contributed by atoms with van der Waals surface area (Å²) in [5.41, 5.74) is 1.15. The summed E-state index contributed by atoms with van der Waals surface area (Å²) in [5.74, 6) is 1.72. The van der Waals surface area contributed by atoms with Crippen molar-refractivity contribution >= 4 is 35.8 Å². The highest BCUT2D eigenvalue weighted by Gasteiger charge is 2.23. The molecular weight excluding hydrogens is 491 g/mol. The second-order valence-corrected chi connectivity index (χ2v) is 7.38. The summed E-state index contributed by atoms with van der Waals surface area (Å²) in [6.07, 6.45) is 2.04. The molecule has 0 spiro atoms. The van der Waals surface area contributed by atoms with Crippen LogP contribution in [0.2, 0.25) is 0 Å². The first kappa shape index (κ1) is 24.0. The van der Waals surface area contributed by atoms with Gasteiger partial charge < -0.3 is 19.9 Å². The maximum Gasteiger partial charge on any atom is 0.241 e. The largest absolute Gasteiger partial charge is 0.490 e. The number of hydrogen-bond acceptors (Lipinski definition) is 3. The van der Waals surface area contributed by atoms with Gasteiger partial charge in [-0.05, 0) is 17.7 Å². The number of nitrogens with one attached hydrogen (secondary N) is 1. The number of hydrogen-bond donors (Lipinski definition) is 1. The molecule has 1 aliphatic heterocycles. The summed E-state index contributed by atoms with van der Waals surface area (Å²) in [4.78, 5) is 20.6. The molecule has 0 saturated carbocycles. The van der Waals surface area contributed by atoms with Gasteiger partial charge in [-0.15, -0.1) is 24.0 Å². The van der Waals surface area contributed by atoms with Crippen molar-refractivity contribution in [1.82, 2.24) is 15.1 Å². The van der Waals surface area contributed by atoms with Crippen LogP contribution in [0.1, 0.15) is 18.4 Å². The zero-order valence-electron chi connectivity index (χ0n) is 17.7. The fourth-order valence-corrected chi connectivity index (χ4v) is 3.21. The summed E-state index contributed by atoms with van der Waals surface area (Å²) < 4.78 is 6.09. The van der Waals surface area contributed by atoms with Crippen molar-refractivity contribution in [3.8, 4) is 5.75 Å². The topological polar surface area (TPSA) is 57.2 Å². The molecule has 1 amide bonds. The summed E-state index contributed by atoms with van der Waals surface area (Å²) >= 11 is 0. The number of benzene rings is 2. The van der Waals surface area contributed by atoms with Crippen molar-refractivity contribution in [3.63, 3.8) is 0 Å². The number of piperidine rings is 1. The Kier molecular flexibility index (Phi) is 9.93. The average molecular weight is 522 g/mol. The predicted octanol–water partition coefficient (Wildman–Crippen LogP) is 3.38. The van der Waals surface area contributed by atoms with Crippen LogP contribution in [-0.4, -0.2) is 61.5 Å². The normalized spacial score (nSPS) is 14.6. The molecule has 162 valence electrons. The van der Waals surface area contributed by atoms with Crippen molar-refractivity contribution in [2.75, 3.05) is 33.7 Å². The molecule has 0 bridgehead atoms. The van der Waals surface area contributed by atoms with Crippen LogP contribution >= 0.6 is 24.0 Å². The minimum absolute atomic E-state index is 0. The Labute approximate surface area is 196 Å². The van der Waals surface area contributed by atoms with E-state index in [-0.39, 0.29) is 42.5 Å². The summed E-state index contributed by atoms with van der Waals surface area (Å²) in [7, 11) is 3.52. The van der Waals surface area contributed by atoms with Gasteiger partial charge in [-0.3, -0.25) is 4.79 Å². The lowest BCUT2D eigenvalue weighted by atomic mass is 10.1. The number of carbonyl (C=O) groups excluding carboxylic acids is 1. The lowest BCUT2D eigenvalue weighted by Gasteiger charge is -2.34. The molecule has 0 unspecified atom stereocenters. The average Bonchev–Trinajstić information content (AvgIpc) is 2.76. The molecule has 1 saturated heterocycles. The predicted molar refractivity (Wildman–Crippen MR) is 131 cm³/mol. The van der Waals surface area contributed by atoms with Gasteiger partial charge in [-0.1, -0.05) is 48.5 Å². The van der Waals surface area contributed by atoms with E-state index in [0.717, 1.165) is 43.2 Å². The van der Waals surface area contributed by atoms with E-state index in [2.05, 4.69) is 22.3 Å². The highest BCUT2D eigenvalue weighted by Crippen LogP contribution is 2.18. The van der Waals surface area contributed by atoms with Gasteiger partial charge in [0.1, 0.15) is 11.9 Å². The monoisotopic (exact) mass is 522 g/mol. The molecular formula is C23H31IN4O2. The standard InChI is InChI=1S/C23H30N4O2.HI/c1-26(2)22(28)18-25-23(24-17-19-9-5-3-6-10-19)27-15-13-21(14-16-27)29-20-11-7-4-8-12-20;/h3-12,21H,13-18H2,1-2H3,(H,24,25);1H. The molecule has 1 aliphatic rings. The molecule has 7 heteroatoms. The number of likely N-dealkylation sites (tertiary alicyclic amines) is 1. The molecule has 1 N–H and O–H groups in total. The highest BCUT2D eigenvalue weighted by atomic mass is 127. The number of likely N-dealkylation sites (N-methyl/N-ethyl adjacent to an activating group) is 1. The lowest BCUT2D eigenvalue weighted by molar-refractivity contribution is -0.127. The number of carbonyl (C=O) groups is 1. The first-order valence-electron chi connectivity index (χ1n) is 10.1. The molecule has 1 fully saturated rings. The maximum atomic E-state index is 12.0. The van der Waals surface area contributed by atoms with E-state index in [9.17, 15) is 4.79 Å². The molecule has 1 heterocycles. The minimum atomic E-state index is 0. The molecule has 0 atom stereocenters. The second-order valence-electron chi connectivity index (χ2n) is 7.38. The number of rotatable bonds is 6. The van der Waals surface area contributed by atoms with E-state index in [1.807, 2.05) is 48.5 Å². The van der Waals surface area contributed by atoms with Gasteiger partial charge in [0, 0.05) is 40.0 Å². The van der Waals surface area contributed by atoms with Gasteiger partial charge in [0.25, 0.3) is 0 Å². The van der Waals surface area contributed by atoms with Gasteiger partial charge in [-0.2, -0.15) is 0 Å². The third-order valence-electron chi connectivity index (χ3n) is 4.94. The summed E-state index contributed by atoms with van der Waals surface area (Å²) in [6, 6.07) is 20.1. The van der Waals surface area contributed by atoms with Crippen LogP contribution in [0.25, 0.3) is 0 Å². The van der Waals surface area contributed by atoms with Gasteiger partial charge in [0.15, 0.2) is 5.96 Å². The van der Waals surface area contributed by atoms with Crippen LogP contribution in [0.4, 0.5) is 0 Å². The van der Waals surface area contributed by atoms with Crippen LogP contribution in [0, 0.1) is 0 Å². The SMILES string of the molecule is CN(C)C(=O)CNC(=NCc1ccccc1)N1CCC(Oc2ccccc2)CC1.I. The van der Waals surface area contributed by atoms with E-state index >= 15 is 0 Å².